The second kappa shape index (κ2) is 7.18. The summed E-state index contributed by atoms with van der Waals surface area (Å²) in [6, 6.07) is -1.92. The first-order valence-corrected chi connectivity index (χ1v) is 10.0. The van der Waals surface area contributed by atoms with E-state index in [1.54, 1.807) is 4.90 Å². The van der Waals surface area contributed by atoms with Gasteiger partial charge in [-0.05, 0) is 19.3 Å². The molecule has 2 aromatic heterocycles. The van der Waals surface area contributed by atoms with Gasteiger partial charge in [0.05, 0.1) is 18.8 Å². The number of hydrogen-bond donors (Lipinski definition) is 0. The van der Waals surface area contributed by atoms with Crippen LogP contribution in [-0.2, 0) is 17.8 Å². The Morgan fingerprint density at radius 3 is 2.45 bits per heavy atom. The van der Waals surface area contributed by atoms with E-state index in [1.807, 2.05) is 0 Å². The lowest BCUT2D eigenvalue weighted by Gasteiger charge is -2.39. The molecule has 2 bridgehead atoms. The van der Waals surface area contributed by atoms with Crippen LogP contribution in [0.2, 0.25) is 0 Å². The fourth-order valence-corrected chi connectivity index (χ4v) is 4.55. The maximum absolute atomic E-state index is 15.0. The SMILES string of the molecule is Cc1nc(CN2c3nc(N4CC5CCC(C4)O5)c(F)c(=O)n3CC[C@H]2C(F)(F)F)no1. The van der Waals surface area contributed by atoms with E-state index in [0.29, 0.717) is 13.1 Å². The average molecular weight is 444 g/mol. The first-order valence-electron chi connectivity index (χ1n) is 10.0. The van der Waals surface area contributed by atoms with Gasteiger partial charge in [0.25, 0.3) is 5.56 Å². The molecule has 0 amide bonds. The highest BCUT2D eigenvalue weighted by molar-refractivity contribution is 5.48. The molecule has 0 saturated carbocycles. The van der Waals surface area contributed by atoms with Crippen molar-refractivity contribution in [1.82, 2.24) is 19.7 Å². The van der Waals surface area contributed by atoms with Crippen LogP contribution < -0.4 is 15.4 Å². The molecule has 2 saturated heterocycles. The number of rotatable bonds is 3. The second-order valence-corrected chi connectivity index (χ2v) is 8.07. The lowest BCUT2D eigenvalue weighted by molar-refractivity contribution is -0.153. The van der Waals surface area contributed by atoms with Gasteiger partial charge >= 0.3 is 6.18 Å². The predicted molar refractivity (Wildman–Crippen MR) is 98.2 cm³/mol. The summed E-state index contributed by atoms with van der Waals surface area (Å²) in [5.74, 6) is -1.34. The Balaban J connectivity index is 1.59. The summed E-state index contributed by atoms with van der Waals surface area (Å²) in [5, 5.41) is 3.67. The van der Waals surface area contributed by atoms with E-state index in [2.05, 4.69) is 15.1 Å². The number of alkyl halides is 3. The van der Waals surface area contributed by atoms with Gasteiger partial charge in [-0.15, -0.1) is 0 Å². The Labute approximate surface area is 173 Å². The smallest absolute Gasteiger partial charge is 0.371 e. The average Bonchev–Trinajstić information content (AvgIpc) is 3.27. The van der Waals surface area contributed by atoms with Crippen LogP contribution in [0, 0.1) is 12.7 Å². The third-order valence-corrected chi connectivity index (χ3v) is 5.94. The van der Waals surface area contributed by atoms with Crippen molar-refractivity contribution in [1.29, 1.82) is 0 Å². The number of halogens is 4. The molecule has 9 nitrogen and oxygen atoms in total. The summed E-state index contributed by atoms with van der Waals surface area (Å²) in [6.07, 6.45) is -3.61. The largest absolute Gasteiger partial charge is 0.408 e. The molecule has 31 heavy (non-hydrogen) atoms. The molecule has 2 fully saturated rings. The minimum absolute atomic E-state index is 0.0183. The summed E-state index contributed by atoms with van der Waals surface area (Å²) in [5.41, 5.74) is -0.992. The molecule has 168 valence electrons. The maximum atomic E-state index is 15.0. The van der Waals surface area contributed by atoms with Crippen molar-refractivity contribution in [3.05, 3.63) is 27.9 Å². The number of morpholine rings is 1. The Hall–Kier alpha value is -2.70. The molecule has 0 spiro atoms. The lowest BCUT2D eigenvalue weighted by atomic mass is 10.1. The van der Waals surface area contributed by atoms with Gasteiger partial charge in [-0.25, -0.2) is 0 Å². The summed E-state index contributed by atoms with van der Waals surface area (Å²) < 4.78 is 68.0. The van der Waals surface area contributed by atoms with Gasteiger partial charge in [0.2, 0.25) is 17.7 Å². The molecule has 2 aromatic rings. The van der Waals surface area contributed by atoms with Gasteiger partial charge in [0, 0.05) is 26.6 Å². The Morgan fingerprint density at radius 2 is 1.84 bits per heavy atom. The zero-order valence-corrected chi connectivity index (χ0v) is 16.6. The number of aryl methyl sites for hydroxylation is 1. The lowest BCUT2D eigenvalue weighted by Crippen LogP contribution is -2.53. The first-order chi connectivity index (χ1) is 14.7. The van der Waals surface area contributed by atoms with Crippen molar-refractivity contribution < 1.29 is 26.8 Å². The predicted octanol–water partition coefficient (Wildman–Crippen LogP) is 1.78. The van der Waals surface area contributed by atoms with Gasteiger partial charge in [0.1, 0.15) is 6.04 Å². The molecule has 5 heterocycles. The van der Waals surface area contributed by atoms with Crippen LogP contribution in [0.15, 0.2) is 9.32 Å². The Kier molecular flexibility index (Phi) is 4.68. The molecule has 0 radical (unpaired) electrons. The van der Waals surface area contributed by atoms with Crippen LogP contribution in [0.1, 0.15) is 31.0 Å². The quantitative estimate of drug-likeness (QED) is 0.662. The minimum Gasteiger partial charge on any atom is -0.371 e. The topological polar surface area (TPSA) is 89.5 Å². The zero-order chi connectivity index (χ0) is 21.9. The minimum atomic E-state index is -4.59. The number of aromatic nitrogens is 4. The van der Waals surface area contributed by atoms with Crippen LogP contribution in [-0.4, -0.2) is 57.2 Å². The molecule has 3 aliphatic heterocycles. The molecule has 2 unspecified atom stereocenters. The summed E-state index contributed by atoms with van der Waals surface area (Å²) >= 11 is 0. The van der Waals surface area contributed by atoms with Crippen molar-refractivity contribution >= 4 is 11.8 Å². The van der Waals surface area contributed by atoms with Gasteiger partial charge in [-0.3, -0.25) is 9.36 Å². The van der Waals surface area contributed by atoms with E-state index in [9.17, 15) is 22.4 Å². The van der Waals surface area contributed by atoms with E-state index < -0.39 is 30.0 Å². The van der Waals surface area contributed by atoms with Gasteiger partial charge in [-0.1, -0.05) is 5.16 Å². The normalized spacial score (nSPS) is 25.8. The van der Waals surface area contributed by atoms with Crippen molar-refractivity contribution in [3.8, 4) is 0 Å². The van der Waals surface area contributed by atoms with Crippen molar-refractivity contribution in [3.63, 3.8) is 0 Å². The molecule has 0 N–H and O–H groups in total. The third-order valence-electron chi connectivity index (χ3n) is 5.94. The summed E-state index contributed by atoms with van der Waals surface area (Å²) in [7, 11) is 0. The Morgan fingerprint density at radius 1 is 1.13 bits per heavy atom. The fraction of sp³-hybridized carbons (Fsp3) is 0.667. The molecular weight excluding hydrogens is 424 g/mol. The van der Waals surface area contributed by atoms with E-state index in [-0.39, 0.29) is 48.8 Å². The molecule has 5 rings (SSSR count). The second-order valence-electron chi connectivity index (χ2n) is 8.07. The number of ether oxygens (including phenoxy) is 1. The first kappa shape index (κ1) is 20.2. The standard InChI is InChI=1S/C18H20F4N6O3/c1-9-23-13(25-31-9)8-28-12(18(20,21)22)4-5-27-16(29)14(19)15(24-17(27)28)26-6-10-2-3-11(7-26)30-10/h10-12H,2-8H2,1H3/t10?,11?,12-/m0/s1. The highest BCUT2D eigenvalue weighted by atomic mass is 19.4. The van der Waals surface area contributed by atoms with Crippen LogP contribution in [0.3, 0.4) is 0 Å². The van der Waals surface area contributed by atoms with Crippen molar-refractivity contribution in [2.24, 2.45) is 0 Å². The van der Waals surface area contributed by atoms with Gasteiger partial charge < -0.3 is 19.1 Å². The van der Waals surface area contributed by atoms with Crippen molar-refractivity contribution in [2.45, 2.75) is 63.7 Å². The monoisotopic (exact) mass is 444 g/mol. The van der Waals surface area contributed by atoms with E-state index in [1.165, 1.54) is 6.92 Å². The Bertz CT molecular complexity index is 1040. The molecular formula is C18H20F4N6O3. The third kappa shape index (κ3) is 3.54. The van der Waals surface area contributed by atoms with E-state index in [4.69, 9.17) is 9.26 Å². The summed E-state index contributed by atoms with van der Waals surface area (Å²) in [4.78, 5) is 23.5. The van der Waals surface area contributed by atoms with E-state index in [0.717, 1.165) is 22.3 Å². The summed E-state index contributed by atoms with van der Waals surface area (Å²) in [6.45, 7) is 1.50. The molecule has 13 heteroatoms. The highest BCUT2D eigenvalue weighted by Crippen LogP contribution is 2.36. The van der Waals surface area contributed by atoms with Crippen molar-refractivity contribution in [2.75, 3.05) is 22.9 Å². The number of fused-ring (bicyclic) bond motifs is 3. The molecule has 3 aliphatic rings. The van der Waals surface area contributed by atoms with Gasteiger partial charge in [-0.2, -0.15) is 27.5 Å². The van der Waals surface area contributed by atoms with Gasteiger partial charge in [0.15, 0.2) is 11.6 Å². The fourth-order valence-electron chi connectivity index (χ4n) is 4.55. The molecule has 3 atom stereocenters. The number of nitrogens with zero attached hydrogens (tertiary/aromatic N) is 6. The molecule has 0 aliphatic carbocycles. The van der Waals surface area contributed by atoms with Crippen LogP contribution in [0.4, 0.5) is 29.3 Å². The zero-order valence-electron chi connectivity index (χ0n) is 16.6. The van der Waals surface area contributed by atoms with Crippen LogP contribution >= 0.6 is 0 Å². The number of hydrogen-bond acceptors (Lipinski definition) is 8. The maximum Gasteiger partial charge on any atom is 0.408 e. The number of anilines is 2. The van der Waals surface area contributed by atoms with Crippen LogP contribution in [0.25, 0.3) is 0 Å². The highest BCUT2D eigenvalue weighted by Gasteiger charge is 2.48. The molecule has 0 aromatic carbocycles. The van der Waals surface area contributed by atoms with Crippen LogP contribution in [0.5, 0.6) is 0 Å². The van der Waals surface area contributed by atoms with E-state index >= 15 is 0 Å².